The Hall–Kier alpha value is -4.58. The summed E-state index contributed by atoms with van der Waals surface area (Å²) in [6.07, 6.45) is 3.63. The summed E-state index contributed by atoms with van der Waals surface area (Å²) in [5, 5.41) is 6.10. The van der Waals surface area contributed by atoms with E-state index in [0.717, 1.165) is 0 Å². The van der Waals surface area contributed by atoms with Crippen molar-refractivity contribution in [3.63, 3.8) is 0 Å². The summed E-state index contributed by atoms with van der Waals surface area (Å²) in [5.41, 5.74) is 13.8. The molecule has 6 aromatic carbocycles. The van der Waals surface area contributed by atoms with Crippen LogP contribution in [0.5, 0.6) is 0 Å². The lowest BCUT2D eigenvalue weighted by atomic mass is 9.97. The van der Waals surface area contributed by atoms with Crippen LogP contribution >= 0.6 is 32.1 Å². The SMILES string of the molecule is C1=ICCC=C1c1cccc(-c2ccc3c(c2)c2ccc4sccc4c2n3-c2cc(-c3ccccc3)cc(-c3ccccc3)c2)c1. The third kappa shape index (κ3) is 4.86. The first kappa shape index (κ1) is 27.7. The van der Waals surface area contributed by atoms with Gasteiger partial charge < -0.3 is 4.57 Å². The minimum absolute atomic E-state index is 0.178. The van der Waals surface area contributed by atoms with Crippen molar-refractivity contribution < 1.29 is 0 Å². The van der Waals surface area contributed by atoms with E-state index in [1.54, 1.807) is 0 Å². The first-order valence-electron chi connectivity index (χ1n) is 15.7. The van der Waals surface area contributed by atoms with Crippen LogP contribution in [0.1, 0.15) is 12.0 Å². The molecule has 0 bridgehead atoms. The molecule has 0 amide bonds. The Morgan fingerprint density at radius 3 is 1.96 bits per heavy atom. The van der Waals surface area contributed by atoms with Gasteiger partial charge in [0.25, 0.3) is 0 Å². The minimum Gasteiger partial charge on any atom is -0.309 e. The van der Waals surface area contributed by atoms with Crippen molar-refractivity contribution in [2.75, 3.05) is 4.43 Å². The summed E-state index contributed by atoms with van der Waals surface area (Å²) in [6, 6.07) is 51.7. The maximum atomic E-state index is 2.50. The maximum Gasteiger partial charge on any atom is 0.0627 e. The lowest BCUT2D eigenvalue weighted by Crippen LogP contribution is -1.96. The number of halogens is 1. The van der Waals surface area contributed by atoms with E-state index in [0.29, 0.717) is 0 Å². The highest BCUT2D eigenvalue weighted by molar-refractivity contribution is 14.2. The first-order chi connectivity index (χ1) is 22.8. The summed E-state index contributed by atoms with van der Waals surface area (Å²) < 4.78 is 7.68. The van der Waals surface area contributed by atoms with Gasteiger partial charge in [-0.05, 0) is 113 Å². The van der Waals surface area contributed by atoms with Crippen LogP contribution in [0, 0.1) is 0 Å². The van der Waals surface area contributed by atoms with Crippen LogP contribution in [0.2, 0.25) is 0 Å². The average molecular weight is 720 g/mol. The Morgan fingerprint density at radius 2 is 1.22 bits per heavy atom. The lowest BCUT2D eigenvalue weighted by Gasteiger charge is -2.14. The molecule has 9 rings (SSSR count). The Morgan fingerprint density at radius 1 is 0.522 bits per heavy atom. The highest BCUT2D eigenvalue weighted by Crippen LogP contribution is 2.41. The number of nitrogens with zero attached hydrogens (tertiary/aromatic N) is 1. The topological polar surface area (TPSA) is 4.93 Å². The predicted molar refractivity (Wildman–Crippen MR) is 210 cm³/mol. The fraction of sp³-hybridized carbons (Fsp3) is 0.0465. The summed E-state index contributed by atoms with van der Waals surface area (Å²) >= 11 is 1.99. The van der Waals surface area contributed by atoms with Gasteiger partial charge in [-0.3, -0.25) is 0 Å². The number of benzene rings is 6. The molecule has 0 aliphatic carbocycles. The quantitative estimate of drug-likeness (QED) is 0.123. The van der Waals surface area contributed by atoms with Crippen molar-refractivity contribution >= 4 is 73.5 Å². The zero-order valence-corrected chi connectivity index (χ0v) is 28.1. The highest BCUT2D eigenvalue weighted by Gasteiger charge is 2.18. The number of rotatable bonds is 5. The smallest absolute Gasteiger partial charge is 0.0627 e. The molecular weight excluding hydrogens is 689 g/mol. The number of thiophene rings is 1. The molecule has 3 heterocycles. The van der Waals surface area contributed by atoms with Gasteiger partial charge in [0.2, 0.25) is 0 Å². The Labute approximate surface area is 282 Å². The summed E-state index contributed by atoms with van der Waals surface area (Å²) in [6.45, 7) is 0. The molecule has 0 atom stereocenters. The first-order valence-corrected chi connectivity index (χ1v) is 19.4. The van der Waals surface area contributed by atoms with Gasteiger partial charge in [0, 0.05) is 26.5 Å². The molecule has 0 saturated carbocycles. The molecule has 3 heteroatoms. The van der Waals surface area contributed by atoms with E-state index in [9.17, 15) is 0 Å². The third-order valence-corrected chi connectivity index (χ3v) is 12.3. The molecule has 1 aliphatic heterocycles. The molecule has 220 valence electrons. The average Bonchev–Trinajstić information content (AvgIpc) is 3.75. The van der Waals surface area contributed by atoms with Gasteiger partial charge in [0.05, 0.1) is 11.0 Å². The van der Waals surface area contributed by atoms with E-state index in [-0.39, 0.29) is 20.7 Å². The van der Waals surface area contributed by atoms with Crippen LogP contribution in [-0.4, -0.2) is 13.0 Å². The number of fused-ring (bicyclic) bond motifs is 5. The summed E-state index contributed by atoms with van der Waals surface area (Å²) in [7, 11) is 0. The van der Waals surface area contributed by atoms with Crippen LogP contribution < -0.4 is 0 Å². The second-order valence-electron chi connectivity index (χ2n) is 11.8. The highest BCUT2D eigenvalue weighted by atomic mass is 127. The van der Waals surface area contributed by atoms with Crippen molar-refractivity contribution in [3.05, 3.63) is 157 Å². The molecule has 0 saturated heterocycles. The molecule has 46 heavy (non-hydrogen) atoms. The summed E-state index contributed by atoms with van der Waals surface area (Å²) in [5.74, 6) is 0. The predicted octanol–water partition coefficient (Wildman–Crippen LogP) is 12.6. The van der Waals surface area contributed by atoms with Gasteiger partial charge >= 0.3 is 0 Å². The van der Waals surface area contributed by atoms with Gasteiger partial charge in [-0.15, -0.1) is 32.1 Å². The molecule has 2 aromatic heterocycles. The van der Waals surface area contributed by atoms with Gasteiger partial charge in [-0.1, -0.05) is 97.1 Å². The largest absolute Gasteiger partial charge is 0.309 e. The van der Waals surface area contributed by atoms with E-state index < -0.39 is 0 Å². The van der Waals surface area contributed by atoms with Crippen molar-refractivity contribution in [2.24, 2.45) is 0 Å². The van der Waals surface area contributed by atoms with Gasteiger partial charge in [-0.2, -0.15) is 0 Å². The monoisotopic (exact) mass is 719 g/mol. The molecule has 0 fully saturated rings. The Kier molecular flexibility index (Phi) is 7.02. The maximum absolute atomic E-state index is 2.50. The van der Waals surface area contributed by atoms with Gasteiger partial charge in [0.15, 0.2) is 0 Å². The second kappa shape index (κ2) is 11.7. The van der Waals surface area contributed by atoms with Crippen molar-refractivity contribution in [2.45, 2.75) is 6.42 Å². The zero-order chi connectivity index (χ0) is 30.5. The fourth-order valence-corrected chi connectivity index (χ4v) is 9.71. The van der Waals surface area contributed by atoms with Crippen LogP contribution in [0.25, 0.3) is 76.5 Å². The number of alkyl halides is 1. The number of hydrogen-bond donors (Lipinski definition) is 0. The molecule has 1 aliphatic rings. The molecule has 0 unspecified atom stereocenters. The molecule has 1 nitrogen and oxygen atoms in total. The van der Waals surface area contributed by atoms with Crippen LogP contribution in [0.15, 0.2) is 151 Å². The van der Waals surface area contributed by atoms with Gasteiger partial charge in [0.1, 0.15) is 0 Å². The second-order valence-corrected chi connectivity index (χ2v) is 15.4. The molecule has 8 aromatic rings. The fourth-order valence-electron chi connectivity index (χ4n) is 6.85. The van der Waals surface area contributed by atoms with Crippen molar-refractivity contribution in [1.82, 2.24) is 4.57 Å². The standard InChI is InChI=1S/C43H30INS/c1-3-9-29(10-4-1)35-24-36(30-11-5-2-6-12-30)26-37(25-35)45-41-18-16-33(31-13-7-14-32(23-31)34-15-8-21-44-28-34)27-40(41)38-17-19-42-39(43(38)45)20-22-46-42/h1-7,9-20,22-28H,8,21H2. The minimum atomic E-state index is 0.178. The molecule has 0 radical (unpaired) electrons. The molecule has 0 spiro atoms. The van der Waals surface area contributed by atoms with E-state index in [4.69, 9.17) is 0 Å². The number of aromatic nitrogens is 1. The van der Waals surface area contributed by atoms with Crippen LogP contribution in [0.3, 0.4) is 0 Å². The van der Waals surface area contributed by atoms with Crippen molar-refractivity contribution in [1.29, 1.82) is 0 Å². The number of hydrogen-bond acceptors (Lipinski definition) is 1. The van der Waals surface area contributed by atoms with E-state index in [2.05, 4.69) is 160 Å². The van der Waals surface area contributed by atoms with Gasteiger partial charge in [-0.25, -0.2) is 0 Å². The van der Waals surface area contributed by atoms with E-state index >= 15 is 0 Å². The normalized spacial score (nSPS) is 13.3. The Balaban J connectivity index is 1.30. The lowest BCUT2D eigenvalue weighted by molar-refractivity contribution is 1.19. The zero-order valence-electron chi connectivity index (χ0n) is 25.2. The summed E-state index contributed by atoms with van der Waals surface area (Å²) in [4.78, 5) is 0. The van der Waals surface area contributed by atoms with E-state index in [1.165, 1.54) is 92.9 Å². The van der Waals surface area contributed by atoms with Crippen LogP contribution in [-0.2, 0) is 0 Å². The number of allylic oxidation sites excluding steroid dienone is 2. The van der Waals surface area contributed by atoms with Crippen molar-refractivity contribution in [3.8, 4) is 39.1 Å². The molecule has 0 N–H and O–H groups in total. The van der Waals surface area contributed by atoms with Crippen LogP contribution in [0.4, 0.5) is 0 Å². The third-order valence-electron chi connectivity index (χ3n) is 9.05. The van der Waals surface area contributed by atoms with E-state index in [1.807, 2.05) is 11.3 Å². The Bertz CT molecular complexity index is 2400. The molecular formula is C43H30INS.